The maximum Gasteiger partial charge on any atom is 0.191 e. The molecule has 0 saturated heterocycles. The first kappa shape index (κ1) is 22.2. The summed E-state index contributed by atoms with van der Waals surface area (Å²) in [6.07, 6.45) is 4.64. The number of halogens is 1. The number of ether oxygens (including phenoxy) is 1. The van der Waals surface area contributed by atoms with E-state index in [-0.39, 0.29) is 24.0 Å². The molecule has 0 spiro atoms. The SMILES string of the molecule is CCOCCCCNC(=NC)NC(C)CCC(C)C.I. The molecule has 0 aliphatic rings. The lowest BCUT2D eigenvalue weighted by Crippen LogP contribution is -2.42. The first-order valence-electron chi connectivity index (χ1n) is 7.65. The fourth-order valence-electron chi connectivity index (χ4n) is 1.76. The van der Waals surface area contributed by atoms with Crippen molar-refractivity contribution < 1.29 is 4.74 Å². The molecule has 0 heterocycles. The highest BCUT2D eigenvalue weighted by molar-refractivity contribution is 14.0. The molecule has 122 valence electrons. The van der Waals surface area contributed by atoms with Gasteiger partial charge in [0.15, 0.2) is 5.96 Å². The van der Waals surface area contributed by atoms with E-state index in [1.807, 2.05) is 14.0 Å². The van der Waals surface area contributed by atoms with Crippen LogP contribution >= 0.6 is 24.0 Å². The lowest BCUT2D eigenvalue weighted by Gasteiger charge is -2.18. The summed E-state index contributed by atoms with van der Waals surface area (Å²) in [6, 6.07) is 0.469. The molecule has 0 aliphatic heterocycles. The van der Waals surface area contributed by atoms with Crippen LogP contribution in [0.4, 0.5) is 0 Å². The molecule has 0 aromatic carbocycles. The Balaban J connectivity index is 0. The van der Waals surface area contributed by atoms with Crippen LogP contribution < -0.4 is 10.6 Å². The van der Waals surface area contributed by atoms with Crippen LogP contribution in [-0.4, -0.2) is 38.8 Å². The first-order chi connectivity index (χ1) is 9.10. The predicted octanol–water partition coefficient (Wildman–Crippen LogP) is 3.41. The van der Waals surface area contributed by atoms with Crippen LogP contribution in [0.5, 0.6) is 0 Å². The van der Waals surface area contributed by atoms with Crippen LogP contribution in [0.25, 0.3) is 0 Å². The molecule has 0 amide bonds. The van der Waals surface area contributed by atoms with Crippen molar-refractivity contribution >= 4 is 29.9 Å². The van der Waals surface area contributed by atoms with E-state index in [4.69, 9.17) is 4.74 Å². The Morgan fingerprint density at radius 2 is 1.85 bits per heavy atom. The molecular weight excluding hydrogens is 365 g/mol. The molecule has 0 fully saturated rings. The fourth-order valence-corrected chi connectivity index (χ4v) is 1.76. The van der Waals surface area contributed by atoms with E-state index in [9.17, 15) is 0 Å². The molecule has 0 bridgehead atoms. The summed E-state index contributed by atoms with van der Waals surface area (Å²) >= 11 is 0. The number of nitrogens with zero attached hydrogens (tertiary/aromatic N) is 1. The predicted molar refractivity (Wildman–Crippen MR) is 99.2 cm³/mol. The van der Waals surface area contributed by atoms with Gasteiger partial charge < -0.3 is 15.4 Å². The third-order valence-electron chi connectivity index (χ3n) is 3.00. The second kappa shape index (κ2) is 15.4. The Bertz CT molecular complexity index is 235. The van der Waals surface area contributed by atoms with Crippen LogP contribution in [0.1, 0.15) is 53.4 Å². The van der Waals surface area contributed by atoms with Gasteiger partial charge >= 0.3 is 0 Å². The second-order valence-corrected chi connectivity index (χ2v) is 5.42. The highest BCUT2D eigenvalue weighted by Crippen LogP contribution is 2.06. The zero-order valence-electron chi connectivity index (χ0n) is 13.9. The number of guanidine groups is 1. The Morgan fingerprint density at radius 3 is 2.40 bits per heavy atom. The quantitative estimate of drug-likeness (QED) is 0.256. The minimum absolute atomic E-state index is 0. The van der Waals surface area contributed by atoms with Gasteiger partial charge in [-0.05, 0) is 45.4 Å². The molecule has 1 unspecified atom stereocenters. The molecule has 20 heavy (non-hydrogen) atoms. The number of rotatable bonds is 10. The molecular formula is C15H34IN3O. The van der Waals surface area contributed by atoms with E-state index in [1.165, 1.54) is 12.8 Å². The van der Waals surface area contributed by atoms with Gasteiger partial charge in [-0.3, -0.25) is 4.99 Å². The molecule has 0 aliphatic carbocycles. The number of hydrogen-bond donors (Lipinski definition) is 2. The first-order valence-corrected chi connectivity index (χ1v) is 7.65. The second-order valence-electron chi connectivity index (χ2n) is 5.42. The molecule has 4 nitrogen and oxygen atoms in total. The minimum Gasteiger partial charge on any atom is -0.382 e. The van der Waals surface area contributed by atoms with Crippen molar-refractivity contribution in [3.05, 3.63) is 0 Å². The van der Waals surface area contributed by atoms with Gasteiger partial charge in [-0.1, -0.05) is 13.8 Å². The van der Waals surface area contributed by atoms with Crippen molar-refractivity contribution in [3.8, 4) is 0 Å². The molecule has 0 aromatic heterocycles. The zero-order chi connectivity index (χ0) is 14.5. The summed E-state index contributed by atoms with van der Waals surface area (Å²) in [6.45, 7) is 11.4. The van der Waals surface area contributed by atoms with Gasteiger partial charge in [-0.25, -0.2) is 0 Å². The maximum absolute atomic E-state index is 5.31. The topological polar surface area (TPSA) is 45.6 Å². The summed E-state index contributed by atoms with van der Waals surface area (Å²) in [5.74, 6) is 1.67. The molecule has 2 N–H and O–H groups in total. The summed E-state index contributed by atoms with van der Waals surface area (Å²) < 4.78 is 5.31. The van der Waals surface area contributed by atoms with E-state index >= 15 is 0 Å². The summed E-state index contributed by atoms with van der Waals surface area (Å²) in [7, 11) is 1.82. The van der Waals surface area contributed by atoms with Crippen LogP contribution in [0.15, 0.2) is 4.99 Å². The van der Waals surface area contributed by atoms with Crippen LogP contribution in [0.2, 0.25) is 0 Å². The number of unbranched alkanes of at least 4 members (excludes halogenated alkanes) is 1. The third-order valence-corrected chi connectivity index (χ3v) is 3.00. The maximum atomic E-state index is 5.31. The third kappa shape index (κ3) is 14.4. The summed E-state index contributed by atoms with van der Waals surface area (Å²) in [5, 5.41) is 6.78. The van der Waals surface area contributed by atoms with Gasteiger partial charge in [0.1, 0.15) is 0 Å². The summed E-state index contributed by atoms with van der Waals surface area (Å²) in [5.41, 5.74) is 0. The van der Waals surface area contributed by atoms with E-state index in [0.717, 1.165) is 44.5 Å². The monoisotopic (exact) mass is 399 g/mol. The van der Waals surface area contributed by atoms with Gasteiger partial charge in [0.05, 0.1) is 0 Å². The molecule has 0 saturated carbocycles. The van der Waals surface area contributed by atoms with E-state index < -0.39 is 0 Å². The molecule has 1 atom stereocenters. The van der Waals surface area contributed by atoms with Crippen molar-refractivity contribution in [2.45, 2.75) is 59.4 Å². The average Bonchev–Trinajstić information content (AvgIpc) is 2.39. The molecule has 0 rings (SSSR count). The summed E-state index contributed by atoms with van der Waals surface area (Å²) in [4.78, 5) is 4.25. The largest absolute Gasteiger partial charge is 0.382 e. The van der Waals surface area contributed by atoms with Crippen LogP contribution in [0, 0.1) is 5.92 Å². The number of hydrogen-bond acceptors (Lipinski definition) is 2. The number of aliphatic imine (C=N–C) groups is 1. The van der Waals surface area contributed by atoms with E-state index in [2.05, 4.69) is 36.4 Å². The fraction of sp³-hybridized carbons (Fsp3) is 0.933. The molecule has 5 heteroatoms. The minimum atomic E-state index is 0. The van der Waals surface area contributed by atoms with Crippen molar-refractivity contribution in [2.24, 2.45) is 10.9 Å². The smallest absolute Gasteiger partial charge is 0.191 e. The zero-order valence-corrected chi connectivity index (χ0v) is 16.2. The van der Waals surface area contributed by atoms with Crippen LogP contribution in [0.3, 0.4) is 0 Å². The number of nitrogens with one attached hydrogen (secondary N) is 2. The van der Waals surface area contributed by atoms with Crippen molar-refractivity contribution in [1.29, 1.82) is 0 Å². The Labute approximate surface area is 142 Å². The highest BCUT2D eigenvalue weighted by Gasteiger charge is 2.05. The van der Waals surface area contributed by atoms with E-state index in [1.54, 1.807) is 0 Å². The molecule has 0 aromatic rings. The molecule has 0 radical (unpaired) electrons. The highest BCUT2D eigenvalue weighted by atomic mass is 127. The standard InChI is InChI=1S/C15H33N3O.HI/c1-6-19-12-8-7-11-17-15(16-5)18-14(4)10-9-13(2)3;/h13-14H,6-12H2,1-5H3,(H2,16,17,18);1H. The lowest BCUT2D eigenvalue weighted by molar-refractivity contribution is 0.143. The Morgan fingerprint density at radius 1 is 1.15 bits per heavy atom. The Kier molecular flexibility index (Phi) is 17.1. The van der Waals surface area contributed by atoms with Crippen molar-refractivity contribution in [2.75, 3.05) is 26.8 Å². The van der Waals surface area contributed by atoms with Gasteiger partial charge in [-0.15, -0.1) is 24.0 Å². The Hall–Kier alpha value is -0.0400. The average molecular weight is 399 g/mol. The van der Waals surface area contributed by atoms with Crippen LogP contribution in [-0.2, 0) is 4.74 Å². The van der Waals surface area contributed by atoms with Crippen molar-refractivity contribution in [3.63, 3.8) is 0 Å². The van der Waals surface area contributed by atoms with Gasteiger partial charge in [0.2, 0.25) is 0 Å². The van der Waals surface area contributed by atoms with Gasteiger partial charge in [-0.2, -0.15) is 0 Å². The van der Waals surface area contributed by atoms with Gasteiger partial charge in [0, 0.05) is 32.8 Å². The van der Waals surface area contributed by atoms with Gasteiger partial charge in [0.25, 0.3) is 0 Å². The lowest BCUT2D eigenvalue weighted by atomic mass is 10.0. The normalized spacial score (nSPS) is 13.0. The van der Waals surface area contributed by atoms with Crippen molar-refractivity contribution in [1.82, 2.24) is 10.6 Å². The van der Waals surface area contributed by atoms with E-state index in [0.29, 0.717) is 6.04 Å².